The molecule has 0 saturated carbocycles. The summed E-state index contributed by atoms with van der Waals surface area (Å²) in [4.78, 5) is 25.5. The molecule has 0 aromatic carbocycles. The average Bonchev–Trinajstić information content (AvgIpc) is 2.31. The second-order valence-corrected chi connectivity index (χ2v) is 6.49. The second-order valence-electron chi connectivity index (χ2n) is 6.49. The molecule has 0 aromatic rings. The Morgan fingerprint density at radius 3 is 2.63 bits per heavy atom. The summed E-state index contributed by atoms with van der Waals surface area (Å²) in [5, 5.41) is 0. The highest BCUT2D eigenvalue weighted by Gasteiger charge is 2.34. The maximum Gasteiger partial charge on any atom is 0.410 e. The summed E-state index contributed by atoms with van der Waals surface area (Å²) in [5.41, 5.74) is 1.74. The van der Waals surface area contributed by atoms with E-state index in [2.05, 4.69) is 0 Å². The van der Waals surface area contributed by atoms with Gasteiger partial charge in [0.05, 0.1) is 0 Å². The topological polar surface area (TPSA) is 46.6 Å². The van der Waals surface area contributed by atoms with Crippen molar-refractivity contribution in [2.75, 3.05) is 13.1 Å². The highest BCUT2D eigenvalue weighted by atomic mass is 16.6. The molecule has 2 rings (SSSR count). The van der Waals surface area contributed by atoms with Gasteiger partial charge >= 0.3 is 6.09 Å². The van der Waals surface area contributed by atoms with E-state index in [0.717, 1.165) is 18.4 Å². The molecule has 0 radical (unpaired) electrons. The fourth-order valence-electron chi connectivity index (χ4n) is 2.85. The molecule has 4 nitrogen and oxygen atoms in total. The highest BCUT2D eigenvalue weighted by Crippen LogP contribution is 2.34. The Hall–Kier alpha value is -1.32. The van der Waals surface area contributed by atoms with Gasteiger partial charge in [0, 0.05) is 19.5 Å². The van der Waals surface area contributed by atoms with E-state index in [1.165, 1.54) is 5.57 Å². The Bertz CT molecular complexity index is 431. The van der Waals surface area contributed by atoms with Crippen LogP contribution in [0, 0.1) is 5.92 Å². The normalized spacial score (nSPS) is 24.3. The van der Waals surface area contributed by atoms with E-state index >= 15 is 0 Å². The summed E-state index contributed by atoms with van der Waals surface area (Å²) in [6.45, 7) is 8.91. The molecule has 4 heteroatoms. The van der Waals surface area contributed by atoms with Gasteiger partial charge in [0.25, 0.3) is 0 Å². The number of Topliss-reactive ketones (excluding diaryl/α,β-unsaturated/α-hetero) is 1. The van der Waals surface area contributed by atoms with Crippen LogP contribution in [0.4, 0.5) is 4.79 Å². The third kappa shape index (κ3) is 3.17. The Morgan fingerprint density at radius 2 is 2.00 bits per heavy atom. The van der Waals surface area contributed by atoms with Crippen molar-refractivity contribution >= 4 is 11.9 Å². The van der Waals surface area contributed by atoms with Crippen molar-refractivity contribution in [1.29, 1.82) is 0 Å². The summed E-state index contributed by atoms with van der Waals surface area (Å²) in [6.07, 6.45) is 2.05. The van der Waals surface area contributed by atoms with Crippen LogP contribution >= 0.6 is 0 Å². The smallest absolute Gasteiger partial charge is 0.410 e. The van der Waals surface area contributed by atoms with Gasteiger partial charge in [-0.05, 0) is 52.0 Å². The number of piperidine rings is 1. The molecule has 0 N–H and O–H groups in total. The molecule has 1 saturated heterocycles. The first-order valence-corrected chi connectivity index (χ1v) is 6.98. The Kier molecular flexibility index (Phi) is 3.70. The SMILES string of the molecule is CC1=C2CCN(C(=O)OC(C)(C)C)CC2CCC1=O. The largest absolute Gasteiger partial charge is 0.444 e. The van der Waals surface area contributed by atoms with Crippen LogP contribution in [0.2, 0.25) is 0 Å². The number of likely N-dealkylation sites (tertiary alicyclic amines) is 1. The fraction of sp³-hybridized carbons (Fsp3) is 0.733. The van der Waals surface area contributed by atoms with Gasteiger partial charge < -0.3 is 9.64 Å². The monoisotopic (exact) mass is 265 g/mol. The van der Waals surface area contributed by atoms with Crippen LogP contribution in [0.5, 0.6) is 0 Å². The van der Waals surface area contributed by atoms with Crippen molar-refractivity contribution in [2.24, 2.45) is 5.92 Å². The number of nitrogens with zero attached hydrogens (tertiary/aromatic N) is 1. The summed E-state index contributed by atoms with van der Waals surface area (Å²) in [7, 11) is 0. The Labute approximate surface area is 114 Å². The summed E-state index contributed by atoms with van der Waals surface area (Å²) < 4.78 is 5.41. The molecule has 1 amide bonds. The number of fused-ring (bicyclic) bond motifs is 1. The van der Waals surface area contributed by atoms with E-state index in [-0.39, 0.29) is 11.9 Å². The molecule has 1 aliphatic heterocycles. The van der Waals surface area contributed by atoms with Crippen LogP contribution in [0.3, 0.4) is 0 Å². The first-order valence-electron chi connectivity index (χ1n) is 6.98. The predicted molar refractivity (Wildman–Crippen MR) is 72.9 cm³/mol. The number of hydrogen-bond acceptors (Lipinski definition) is 3. The van der Waals surface area contributed by atoms with Crippen LogP contribution in [0.25, 0.3) is 0 Å². The van der Waals surface area contributed by atoms with Crippen molar-refractivity contribution in [3.05, 3.63) is 11.1 Å². The first-order chi connectivity index (χ1) is 8.78. The number of carbonyl (C=O) groups is 2. The summed E-state index contributed by atoms with van der Waals surface area (Å²) in [6, 6.07) is 0. The third-order valence-electron chi connectivity index (χ3n) is 3.86. The fourth-order valence-corrected chi connectivity index (χ4v) is 2.85. The molecule has 0 aromatic heterocycles. The quantitative estimate of drug-likeness (QED) is 0.676. The molecule has 0 bridgehead atoms. The number of ketones is 1. The van der Waals surface area contributed by atoms with Gasteiger partial charge in [-0.1, -0.05) is 5.57 Å². The van der Waals surface area contributed by atoms with Crippen LogP contribution in [-0.2, 0) is 9.53 Å². The molecular weight excluding hydrogens is 242 g/mol. The second kappa shape index (κ2) is 4.99. The van der Waals surface area contributed by atoms with E-state index < -0.39 is 5.60 Å². The zero-order chi connectivity index (χ0) is 14.2. The number of allylic oxidation sites excluding steroid dienone is 1. The zero-order valence-corrected chi connectivity index (χ0v) is 12.3. The maximum atomic E-state index is 12.1. The van der Waals surface area contributed by atoms with Gasteiger partial charge in [0.1, 0.15) is 5.60 Å². The van der Waals surface area contributed by atoms with E-state index in [1.807, 2.05) is 27.7 Å². The van der Waals surface area contributed by atoms with Crippen molar-refractivity contribution in [2.45, 2.75) is 52.6 Å². The number of ether oxygens (including phenoxy) is 1. The lowest BCUT2D eigenvalue weighted by Crippen LogP contribution is -2.44. The maximum absolute atomic E-state index is 12.1. The van der Waals surface area contributed by atoms with Crippen molar-refractivity contribution < 1.29 is 14.3 Å². The van der Waals surface area contributed by atoms with Gasteiger partial charge in [-0.2, -0.15) is 0 Å². The molecule has 1 aliphatic carbocycles. The molecule has 1 heterocycles. The molecule has 19 heavy (non-hydrogen) atoms. The minimum absolute atomic E-state index is 0.235. The van der Waals surface area contributed by atoms with Crippen LogP contribution in [0.1, 0.15) is 47.0 Å². The lowest BCUT2D eigenvalue weighted by Gasteiger charge is -2.38. The number of amides is 1. The number of rotatable bonds is 0. The molecular formula is C15H23NO3. The highest BCUT2D eigenvalue weighted by molar-refractivity contribution is 5.96. The van der Waals surface area contributed by atoms with Crippen LogP contribution < -0.4 is 0 Å². The van der Waals surface area contributed by atoms with Gasteiger partial charge in [0.15, 0.2) is 5.78 Å². The molecule has 1 atom stereocenters. The van der Waals surface area contributed by atoms with E-state index in [1.54, 1.807) is 4.90 Å². The molecule has 2 aliphatic rings. The Balaban J connectivity index is 2.04. The lowest BCUT2D eigenvalue weighted by atomic mass is 9.79. The third-order valence-corrected chi connectivity index (χ3v) is 3.86. The van der Waals surface area contributed by atoms with E-state index in [9.17, 15) is 9.59 Å². The van der Waals surface area contributed by atoms with Gasteiger partial charge in [-0.25, -0.2) is 4.79 Å². The van der Waals surface area contributed by atoms with Crippen molar-refractivity contribution in [3.8, 4) is 0 Å². The summed E-state index contributed by atoms with van der Waals surface area (Å²) in [5.74, 6) is 0.621. The minimum atomic E-state index is -0.453. The minimum Gasteiger partial charge on any atom is -0.444 e. The number of carbonyl (C=O) groups excluding carboxylic acids is 2. The van der Waals surface area contributed by atoms with E-state index in [4.69, 9.17) is 4.74 Å². The van der Waals surface area contributed by atoms with Crippen molar-refractivity contribution in [3.63, 3.8) is 0 Å². The predicted octanol–water partition coefficient (Wildman–Crippen LogP) is 2.92. The molecule has 1 unspecified atom stereocenters. The zero-order valence-electron chi connectivity index (χ0n) is 12.3. The first kappa shape index (κ1) is 14.1. The standard InChI is InChI=1S/C15H23NO3/c1-10-12-7-8-16(14(18)19-15(2,3)4)9-11(12)5-6-13(10)17/h11H,5-9H2,1-4H3. The molecule has 0 spiro atoms. The van der Waals surface area contributed by atoms with Gasteiger partial charge in [0.2, 0.25) is 0 Å². The lowest BCUT2D eigenvalue weighted by molar-refractivity contribution is -0.116. The van der Waals surface area contributed by atoms with E-state index in [0.29, 0.717) is 25.4 Å². The Morgan fingerprint density at radius 1 is 1.32 bits per heavy atom. The van der Waals surface area contributed by atoms with Crippen LogP contribution in [0.15, 0.2) is 11.1 Å². The summed E-state index contributed by atoms with van der Waals surface area (Å²) >= 11 is 0. The average molecular weight is 265 g/mol. The van der Waals surface area contributed by atoms with Gasteiger partial charge in [-0.15, -0.1) is 0 Å². The van der Waals surface area contributed by atoms with Crippen molar-refractivity contribution in [1.82, 2.24) is 4.90 Å². The number of hydrogen-bond donors (Lipinski definition) is 0. The van der Waals surface area contributed by atoms with Gasteiger partial charge in [-0.3, -0.25) is 4.79 Å². The van der Waals surface area contributed by atoms with Crippen LogP contribution in [-0.4, -0.2) is 35.5 Å². The molecule has 1 fully saturated rings. The molecule has 106 valence electrons.